The van der Waals surface area contributed by atoms with Crippen molar-refractivity contribution in [1.82, 2.24) is 4.98 Å². The minimum atomic E-state index is -0.586. The summed E-state index contributed by atoms with van der Waals surface area (Å²) in [7, 11) is 0. The van der Waals surface area contributed by atoms with E-state index in [0.717, 1.165) is 12.3 Å². The number of amides is 1. The molecule has 7 nitrogen and oxygen atoms in total. The first-order valence-electron chi connectivity index (χ1n) is 6.51. The summed E-state index contributed by atoms with van der Waals surface area (Å²) in [5.41, 5.74) is 0.234. The molecule has 2 rings (SSSR count). The molecule has 0 bridgehead atoms. The lowest BCUT2D eigenvalue weighted by Gasteiger charge is -2.07. The van der Waals surface area contributed by atoms with Crippen molar-refractivity contribution in [2.24, 2.45) is 0 Å². The van der Waals surface area contributed by atoms with Gasteiger partial charge in [-0.3, -0.25) is 9.59 Å². The van der Waals surface area contributed by atoms with E-state index >= 15 is 0 Å². The number of hydrogen-bond acceptors (Lipinski definition) is 5. The van der Waals surface area contributed by atoms with E-state index in [1.165, 1.54) is 24.3 Å². The zero-order valence-electron chi connectivity index (χ0n) is 11.8. The van der Waals surface area contributed by atoms with Gasteiger partial charge in [0.2, 0.25) is 0 Å². The summed E-state index contributed by atoms with van der Waals surface area (Å²) < 4.78 is 4.85. The number of nitrogens with one attached hydrogen (secondary N) is 2. The third kappa shape index (κ3) is 3.51. The van der Waals surface area contributed by atoms with Gasteiger partial charge < -0.3 is 20.1 Å². The first-order chi connectivity index (χ1) is 10.5. The molecule has 0 radical (unpaired) electrons. The fraction of sp³-hybridized carbons (Fsp3) is 0.133. The largest absolute Gasteiger partial charge is 0.507 e. The Morgan fingerprint density at radius 2 is 1.95 bits per heavy atom. The number of benzene rings is 1. The van der Waals surface area contributed by atoms with Gasteiger partial charge in [0, 0.05) is 18.0 Å². The number of esters is 1. The smallest absolute Gasteiger partial charge is 0.338 e. The standard InChI is InChI=1S/C15H14N2O5/c1-2-22-15(21)9-3-5-10(6-4-9)17-14(20)11-8-16-13(19)7-12(11)18/h3-8H,2H2,1H3,(H,17,20)(H2,16,18,19). The predicted molar refractivity (Wildman–Crippen MR) is 79.1 cm³/mol. The molecule has 0 aliphatic rings. The number of carbonyl (C=O) groups excluding carboxylic acids is 2. The van der Waals surface area contributed by atoms with Gasteiger partial charge in [-0.05, 0) is 31.2 Å². The lowest BCUT2D eigenvalue weighted by atomic mass is 10.2. The molecule has 1 aromatic carbocycles. The monoisotopic (exact) mass is 302 g/mol. The molecule has 7 heteroatoms. The molecule has 0 aliphatic heterocycles. The molecule has 0 aliphatic carbocycles. The Kier molecular flexibility index (Phi) is 4.57. The van der Waals surface area contributed by atoms with Crippen LogP contribution in [0.25, 0.3) is 0 Å². The van der Waals surface area contributed by atoms with Gasteiger partial charge in [0.05, 0.1) is 17.7 Å². The van der Waals surface area contributed by atoms with Crippen LogP contribution in [0.2, 0.25) is 0 Å². The molecule has 0 unspecified atom stereocenters. The van der Waals surface area contributed by atoms with Gasteiger partial charge in [-0.2, -0.15) is 0 Å². The second-order valence-corrected chi connectivity index (χ2v) is 4.35. The van der Waals surface area contributed by atoms with Gasteiger partial charge in [-0.15, -0.1) is 0 Å². The fourth-order valence-electron chi connectivity index (χ4n) is 1.75. The molecule has 0 fully saturated rings. The molecule has 1 aromatic heterocycles. The summed E-state index contributed by atoms with van der Waals surface area (Å²) in [5, 5.41) is 12.1. The number of carbonyl (C=O) groups is 2. The highest BCUT2D eigenvalue weighted by Gasteiger charge is 2.12. The quantitative estimate of drug-likeness (QED) is 0.742. The zero-order chi connectivity index (χ0) is 16.1. The number of aromatic hydroxyl groups is 1. The second kappa shape index (κ2) is 6.57. The Labute approximate surface area is 125 Å². The van der Waals surface area contributed by atoms with Crippen LogP contribution in [0.15, 0.2) is 41.3 Å². The lowest BCUT2D eigenvalue weighted by Crippen LogP contribution is -2.15. The van der Waals surface area contributed by atoms with Gasteiger partial charge in [0.1, 0.15) is 5.75 Å². The summed E-state index contributed by atoms with van der Waals surface area (Å²) >= 11 is 0. The summed E-state index contributed by atoms with van der Waals surface area (Å²) in [5.74, 6) is -1.44. The van der Waals surface area contributed by atoms with E-state index in [1.807, 2.05) is 0 Å². The first-order valence-corrected chi connectivity index (χ1v) is 6.51. The van der Waals surface area contributed by atoms with E-state index in [-0.39, 0.29) is 12.2 Å². The zero-order valence-corrected chi connectivity index (χ0v) is 11.8. The molecular formula is C15H14N2O5. The molecule has 22 heavy (non-hydrogen) atoms. The van der Waals surface area contributed by atoms with Crippen LogP contribution < -0.4 is 10.9 Å². The fourth-order valence-corrected chi connectivity index (χ4v) is 1.75. The molecule has 0 atom stereocenters. The van der Waals surface area contributed by atoms with Gasteiger partial charge in [-0.1, -0.05) is 0 Å². The molecule has 1 amide bonds. The number of hydrogen-bond donors (Lipinski definition) is 3. The van der Waals surface area contributed by atoms with Gasteiger partial charge in [0.25, 0.3) is 11.5 Å². The van der Waals surface area contributed by atoms with Crippen LogP contribution in [0, 0.1) is 0 Å². The molecule has 0 saturated carbocycles. The molecule has 0 spiro atoms. The Bertz CT molecular complexity index is 749. The van der Waals surface area contributed by atoms with E-state index in [0.29, 0.717) is 11.3 Å². The van der Waals surface area contributed by atoms with E-state index in [1.54, 1.807) is 6.92 Å². The summed E-state index contributed by atoms with van der Waals surface area (Å²) in [4.78, 5) is 36.8. The number of aromatic nitrogens is 1. The van der Waals surface area contributed by atoms with Crippen molar-refractivity contribution in [1.29, 1.82) is 0 Å². The number of H-pyrrole nitrogens is 1. The minimum Gasteiger partial charge on any atom is -0.507 e. The highest BCUT2D eigenvalue weighted by Crippen LogP contribution is 2.16. The maximum atomic E-state index is 12.0. The lowest BCUT2D eigenvalue weighted by molar-refractivity contribution is 0.0526. The SMILES string of the molecule is CCOC(=O)c1ccc(NC(=O)c2c[nH]c(=O)cc2O)cc1. The third-order valence-corrected chi connectivity index (χ3v) is 2.80. The Hall–Kier alpha value is -3.09. The Balaban J connectivity index is 2.12. The van der Waals surface area contributed by atoms with Crippen molar-refractivity contribution in [3.05, 3.63) is 58.0 Å². The summed E-state index contributed by atoms with van der Waals surface area (Å²) in [6, 6.07) is 7.01. The highest BCUT2D eigenvalue weighted by molar-refractivity contribution is 6.06. The van der Waals surface area contributed by atoms with E-state index < -0.39 is 23.2 Å². The van der Waals surface area contributed by atoms with Gasteiger partial charge >= 0.3 is 5.97 Å². The van der Waals surface area contributed by atoms with Crippen molar-refractivity contribution in [2.45, 2.75) is 6.92 Å². The van der Waals surface area contributed by atoms with Gasteiger partial charge in [-0.25, -0.2) is 4.79 Å². The number of anilines is 1. The molecule has 0 saturated heterocycles. The average Bonchev–Trinajstić information content (AvgIpc) is 2.48. The van der Waals surface area contributed by atoms with Crippen LogP contribution in [0.5, 0.6) is 5.75 Å². The highest BCUT2D eigenvalue weighted by atomic mass is 16.5. The number of rotatable bonds is 4. The van der Waals surface area contributed by atoms with Crippen LogP contribution in [0.1, 0.15) is 27.6 Å². The number of aromatic amines is 1. The molecule has 1 heterocycles. The van der Waals surface area contributed by atoms with Crippen LogP contribution in [-0.4, -0.2) is 28.6 Å². The predicted octanol–water partition coefficient (Wildman–Crippen LogP) is 1.51. The van der Waals surface area contributed by atoms with Crippen molar-refractivity contribution in [3.63, 3.8) is 0 Å². The van der Waals surface area contributed by atoms with E-state index in [9.17, 15) is 19.5 Å². The number of ether oxygens (including phenoxy) is 1. The number of pyridine rings is 1. The van der Waals surface area contributed by atoms with Crippen molar-refractivity contribution < 1.29 is 19.4 Å². The second-order valence-electron chi connectivity index (χ2n) is 4.35. The van der Waals surface area contributed by atoms with Gasteiger partial charge in [0.15, 0.2) is 0 Å². The summed E-state index contributed by atoms with van der Waals surface area (Å²) in [6.45, 7) is 1.99. The topological polar surface area (TPSA) is 108 Å². The Morgan fingerprint density at radius 1 is 1.27 bits per heavy atom. The maximum Gasteiger partial charge on any atom is 0.338 e. The average molecular weight is 302 g/mol. The van der Waals surface area contributed by atoms with Crippen LogP contribution in [0.4, 0.5) is 5.69 Å². The van der Waals surface area contributed by atoms with E-state index in [2.05, 4.69) is 10.3 Å². The minimum absolute atomic E-state index is 0.0610. The summed E-state index contributed by atoms with van der Waals surface area (Å²) in [6.07, 6.45) is 1.12. The van der Waals surface area contributed by atoms with Crippen molar-refractivity contribution >= 4 is 17.6 Å². The third-order valence-electron chi connectivity index (χ3n) is 2.80. The first kappa shape index (κ1) is 15.3. The molecule has 114 valence electrons. The molecule has 2 aromatic rings. The van der Waals surface area contributed by atoms with Crippen LogP contribution in [-0.2, 0) is 4.74 Å². The molecular weight excluding hydrogens is 288 g/mol. The van der Waals surface area contributed by atoms with Crippen LogP contribution >= 0.6 is 0 Å². The maximum absolute atomic E-state index is 12.0. The Morgan fingerprint density at radius 3 is 2.55 bits per heavy atom. The normalized spacial score (nSPS) is 10.0. The van der Waals surface area contributed by atoms with Crippen molar-refractivity contribution in [3.8, 4) is 5.75 Å². The van der Waals surface area contributed by atoms with E-state index in [4.69, 9.17) is 4.74 Å². The van der Waals surface area contributed by atoms with Crippen molar-refractivity contribution in [2.75, 3.05) is 11.9 Å². The van der Waals surface area contributed by atoms with Crippen LogP contribution in [0.3, 0.4) is 0 Å². The molecule has 3 N–H and O–H groups in total.